The first-order valence-corrected chi connectivity index (χ1v) is 8.57. The van der Waals surface area contributed by atoms with Crippen molar-refractivity contribution >= 4 is 34.6 Å². The van der Waals surface area contributed by atoms with Gasteiger partial charge in [-0.2, -0.15) is 18.3 Å². The van der Waals surface area contributed by atoms with Crippen molar-refractivity contribution in [2.45, 2.75) is 6.18 Å². The molecule has 29 heavy (non-hydrogen) atoms. The van der Waals surface area contributed by atoms with E-state index in [4.69, 9.17) is 17.3 Å². The molecular formula is C19H15ClF3N5O. The van der Waals surface area contributed by atoms with Crippen molar-refractivity contribution in [1.29, 1.82) is 0 Å². The van der Waals surface area contributed by atoms with Gasteiger partial charge in [0.1, 0.15) is 5.82 Å². The summed E-state index contributed by atoms with van der Waals surface area (Å²) >= 11 is 5.76. The van der Waals surface area contributed by atoms with Crippen LogP contribution in [0.2, 0.25) is 5.02 Å². The molecule has 10 heteroatoms. The molecule has 150 valence electrons. The number of aromatic nitrogens is 3. The Morgan fingerprint density at radius 1 is 1.28 bits per heavy atom. The van der Waals surface area contributed by atoms with Crippen molar-refractivity contribution in [2.24, 2.45) is 12.8 Å². The van der Waals surface area contributed by atoms with Crippen LogP contribution in [0.1, 0.15) is 11.1 Å². The van der Waals surface area contributed by atoms with Crippen LogP contribution in [0.15, 0.2) is 49.3 Å². The fraction of sp³-hybridized carbons (Fsp3) is 0.105. The Morgan fingerprint density at radius 3 is 2.55 bits per heavy atom. The molecule has 0 saturated heterocycles. The average molecular weight is 422 g/mol. The van der Waals surface area contributed by atoms with Gasteiger partial charge in [-0.25, -0.2) is 4.98 Å². The molecule has 0 aliphatic rings. The minimum absolute atomic E-state index is 0.113. The number of amides is 1. The largest absolute Gasteiger partial charge is 0.419 e. The lowest BCUT2D eigenvalue weighted by Crippen LogP contribution is -2.12. The average Bonchev–Trinajstić information content (AvgIpc) is 3.06. The van der Waals surface area contributed by atoms with Crippen molar-refractivity contribution in [2.75, 3.05) is 5.32 Å². The van der Waals surface area contributed by atoms with Crippen LogP contribution >= 0.6 is 11.6 Å². The minimum Gasteiger partial charge on any atom is -0.366 e. The van der Waals surface area contributed by atoms with Crippen molar-refractivity contribution in [3.63, 3.8) is 0 Å². The second kappa shape index (κ2) is 7.59. The summed E-state index contributed by atoms with van der Waals surface area (Å²) in [7, 11) is 1.74. The summed E-state index contributed by atoms with van der Waals surface area (Å²) in [6.07, 6.45) is -2.21. The number of benzene rings is 1. The number of nitrogens with one attached hydrogen (secondary N) is 1. The molecule has 6 nitrogen and oxygen atoms in total. The van der Waals surface area contributed by atoms with Crippen LogP contribution in [0.3, 0.4) is 0 Å². The number of hydrogen-bond acceptors (Lipinski definition) is 4. The topological polar surface area (TPSA) is 85.8 Å². The highest BCUT2D eigenvalue weighted by Crippen LogP contribution is 2.36. The molecule has 0 aliphatic heterocycles. The maximum absolute atomic E-state index is 12.9. The number of halogens is 4. The van der Waals surface area contributed by atoms with Gasteiger partial charge in [0.25, 0.3) is 0 Å². The first kappa shape index (κ1) is 20.4. The van der Waals surface area contributed by atoms with Gasteiger partial charge >= 0.3 is 6.18 Å². The summed E-state index contributed by atoms with van der Waals surface area (Å²) < 4.78 is 40.2. The van der Waals surface area contributed by atoms with Crippen LogP contribution in [-0.4, -0.2) is 20.7 Å². The number of carbonyl (C=O) groups excluding carboxylic acids is 1. The lowest BCUT2D eigenvalue weighted by atomic mass is 10.0. The molecule has 0 unspecified atom stereocenters. The van der Waals surface area contributed by atoms with Crippen LogP contribution in [0.25, 0.3) is 16.8 Å². The zero-order chi connectivity index (χ0) is 21.3. The fourth-order valence-corrected chi connectivity index (χ4v) is 2.86. The maximum atomic E-state index is 12.9. The Morgan fingerprint density at radius 2 is 2.00 bits per heavy atom. The van der Waals surface area contributed by atoms with E-state index in [0.29, 0.717) is 28.7 Å². The van der Waals surface area contributed by atoms with Gasteiger partial charge in [-0.15, -0.1) is 0 Å². The highest BCUT2D eigenvalue weighted by atomic mass is 35.5. The van der Waals surface area contributed by atoms with Gasteiger partial charge in [-0.3, -0.25) is 9.48 Å². The van der Waals surface area contributed by atoms with Crippen molar-refractivity contribution < 1.29 is 18.0 Å². The lowest BCUT2D eigenvalue weighted by Gasteiger charge is -2.14. The summed E-state index contributed by atoms with van der Waals surface area (Å²) in [6, 6.07) is 7.71. The molecule has 2 heterocycles. The third kappa shape index (κ3) is 4.40. The molecule has 2 aromatic heterocycles. The van der Waals surface area contributed by atoms with Crippen LogP contribution in [0.4, 0.5) is 24.7 Å². The van der Waals surface area contributed by atoms with E-state index >= 15 is 0 Å². The van der Waals surface area contributed by atoms with E-state index < -0.39 is 22.7 Å². The highest BCUT2D eigenvalue weighted by Gasteiger charge is 2.33. The van der Waals surface area contributed by atoms with E-state index in [-0.39, 0.29) is 11.4 Å². The predicted octanol–water partition coefficient (Wildman–Crippen LogP) is 4.40. The predicted molar refractivity (Wildman–Crippen MR) is 104 cm³/mol. The van der Waals surface area contributed by atoms with E-state index in [9.17, 15) is 18.0 Å². The van der Waals surface area contributed by atoms with Crippen LogP contribution in [-0.2, 0) is 18.0 Å². The van der Waals surface area contributed by atoms with Crippen molar-refractivity contribution in [3.8, 4) is 11.3 Å². The molecule has 0 radical (unpaired) electrons. The van der Waals surface area contributed by atoms with E-state index in [1.807, 2.05) is 0 Å². The first-order chi connectivity index (χ1) is 13.6. The number of hydrogen-bond donors (Lipinski definition) is 2. The molecular weight excluding hydrogens is 407 g/mol. The Balaban J connectivity index is 2.04. The summed E-state index contributed by atoms with van der Waals surface area (Å²) in [5, 5.41) is 6.79. The number of rotatable bonds is 5. The second-order valence-electron chi connectivity index (χ2n) is 6.15. The van der Waals surface area contributed by atoms with Gasteiger partial charge in [-0.05, 0) is 23.8 Å². The van der Waals surface area contributed by atoms with Gasteiger partial charge in [0, 0.05) is 42.3 Å². The number of alkyl halides is 3. The summed E-state index contributed by atoms with van der Waals surface area (Å²) in [6.45, 7) is 3.67. The standard InChI is InChI=1S/C19H15ClF3N5O/c1-10(18(24)29)11-3-4-15(12(7-11)16-5-6-28(2)27-16)26-17-8-14(20)13(9-25-17)19(21,22)23/h3-9H,1H2,2H3,(H2,24,29)(H,25,26). The summed E-state index contributed by atoms with van der Waals surface area (Å²) in [5.41, 5.74) is 6.50. The number of pyridine rings is 1. The molecule has 0 fully saturated rings. The minimum atomic E-state index is -4.60. The van der Waals surface area contributed by atoms with E-state index in [1.165, 1.54) is 0 Å². The molecule has 0 bridgehead atoms. The molecule has 0 atom stereocenters. The van der Waals surface area contributed by atoms with Crippen molar-refractivity contribution in [1.82, 2.24) is 14.8 Å². The highest BCUT2D eigenvalue weighted by molar-refractivity contribution is 6.31. The van der Waals surface area contributed by atoms with Crippen molar-refractivity contribution in [3.05, 3.63) is 65.5 Å². The Labute approximate surface area is 168 Å². The third-order valence-corrected chi connectivity index (χ3v) is 4.39. The molecule has 3 aromatic rings. The number of anilines is 2. The summed E-state index contributed by atoms with van der Waals surface area (Å²) in [5.74, 6) is -0.560. The first-order valence-electron chi connectivity index (χ1n) is 8.19. The molecule has 0 spiro atoms. The SMILES string of the molecule is C=C(C(N)=O)c1ccc(Nc2cc(Cl)c(C(F)(F)F)cn2)c(-c2ccn(C)n2)c1. The second-order valence-corrected chi connectivity index (χ2v) is 6.56. The fourth-order valence-electron chi connectivity index (χ4n) is 2.60. The van der Waals surface area contributed by atoms with E-state index in [2.05, 4.69) is 22.0 Å². The Hall–Kier alpha value is -3.33. The van der Waals surface area contributed by atoms with Crippen LogP contribution in [0, 0.1) is 0 Å². The van der Waals surface area contributed by atoms with Gasteiger partial charge in [-0.1, -0.05) is 24.2 Å². The van der Waals surface area contributed by atoms with Gasteiger partial charge in [0.2, 0.25) is 5.91 Å². The maximum Gasteiger partial charge on any atom is 0.419 e. The monoisotopic (exact) mass is 421 g/mol. The Kier molecular flexibility index (Phi) is 5.34. The number of aryl methyl sites for hydroxylation is 1. The molecule has 1 aromatic carbocycles. The molecule has 3 rings (SSSR count). The lowest BCUT2D eigenvalue weighted by molar-refractivity contribution is -0.137. The van der Waals surface area contributed by atoms with Crippen LogP contribution < -0.4 is 11.1 Å². The number of nitrogens with two attached hydrogens (primary N) is 1. The van der Waals surface area contributed by atoms with Gasteiger partial charge in [0.15, 0.2) is 0 Å². The molecule has 0 aliphatic carbocycles. The molecule has 3 N–H and O–H groups in total. The quantitative estimate of drug-likeness (QED) is 0.598. The van der Waals surface area contributed by atoms with Gasteiger partial charge < -0.3 is 11.1 Å². The smallest absolute Gasteiger partial charge is 0.366 e. The van der Waals surface area contributed by atoms with E-state index in [1.54, 1.807) is 42.2 Å². The van der Waals surface area contributed by atoms with E-state index in [0.717, 1.165) is 6.07 Å². The number of primary amides is 1. The summed E-state index contributed by atoms with van der Waals surface area (Å²) in [4.78, 5) is 15.2. The Bertz CT molecular complexity index is 1110. The molecule has 0 saturated carbocycles. The number of carbonyl (C=O) groups is 1. The normalized spacial score (nSPS) is 11.3. The molecule has 1 amide bonds. The zero-order valence-corrected chi connectivity index (χ0v) is 15.8. The zero-order valence-electron chi connectivity index (χ0n) is 15.1. The number of nitrogens with zero attached hydrogens (tertiary/aromatic N) is 3. The van der Waals surface area contributed by atoms with Crippen LogP contribution in [0.5, 0.6) is 0 Å². The third-order valence-electron chi connectivity index (χ3n) is 4.08. The van der Waals surface area contributed by atoms with Gasteiger partial charge in [0.05, 0.1) is 16.3 Å².